The highest BCUT2D eigenvalue weighted by molar-refractivity contribution is 5.67. The van der Waals surface area contributed by atoms with E-state index in [1.54, 1.807) is 0 Å². The Labute approximate surface area is 93.5 Å². The summed E-state index contributed by atoms with van der Waals surface area (Å²) in [6.07, 6.45) is 2.53. The van der Waals surface area contributed by atoms with Crippen molar-refractivity contribution >= 4 is 11.5 Å². The van der Waals surface area contributed by atoms with Crippen molar-refractivity contribution in [2.75, 3.05) is 0 Å². The van der Waals surface area contributed by atoms with E-state index in [4.69, 9.17) is 5.11 Å². The number of fused-ring (bicyclic) bond motifs is 1. The van der Waals surface area contributed by atoms with E-state index in [-0.39, 0.29) is 6.42 Å². The van der Waals surface area contributed by atoms with Gasteiger partial charge in [0.25, 0.3) is 0 Å². The maximum absolute atomic E-state index is 10.5. The van der Waals surface area contributed by atoms with Gasteiger partial charge in [-0.2, -0.15) is 0 Å². The molecule has 1 N–H and O–H groups in total. The number of carbonyl (C=O) groups is 1. The maximum atomic E-state index is 10.5. The molecule has 0 aliphatic carbocycles. The third-order valence-corrected chi connectivity index (χ3v) is 2.62. The third kappa shape index (κ3) is 1.91. The van der Waals surface area contributed by atoms with E-state index < -0.39 is 5.97 Å². The average Bonchev–Trinajstić information content (AvgIpc) is 2.53. The van der Waals surface area contributed by atoms with Gasteiger partial charge in [0.2, 0.25) is 0 Å². The average molecular weight is 218 g/mol. The number of pyridine rings is 1. The summed E-state index contributed by atoms with van der Waals surface area (Å²) in [6.45, 7) is 3.97. The highest BCUT2D eigenvalue weighted by Gasteiger charge is 2.09. The highest BCUT2D eigenvalue weighted by atomic mass is 16.4. The molecule has 0 fully saturated rings. The molecule has 84 valence electrons. The fourth-order valence-electron chi connectivity index (χ4n) is 1.81. The zero-order valence-corrected chi connectivity index (χ0v) is 9.40. The predicted octanol–water partition coefficient (Wildman–Crippen LogP) is 1.97. The fraction of sp³-hybridized carbons (Fsp3) is 0.333. The number of hydrogen-bond acceptors (Lipinski definition) is 2. The van der Waals surface area contributed by atoms with Crippen LogP contribution in [-0.4, -0.2) is 20.5 Å². The standard InChI is InChI=1S/C12H14N2O2/c1-8-5-6-14-10(7-8)9(2)13-11(14)3-4-12(15)16/h5-7H,3-4H2,1-2H3,(H,15,16). The largest absolute Gasteiger partial charge is 0.481 e. The number of aliphatic carboxylic acids is 1. The number of aromatic nitrogens is 2. The van der Waals surface area contributed by atoms with Crippen molar-refractivity contribution in [2.24, 2.45) is 0 Å². The highest BCUT2D eigenvalue weighted by Crippen LogP contribution is 2.15. The minimum Gasteiger partial charge on any atom is -0.481 e. The van der Waals surface area contributed by atoms with Gasteiger partial charge in [0.15, 0.2) is 0 Å². The van der Waals surface area contributed by atoms with Crippen LogP contribution in [0.4, 0.5) is 0 Å². The summed E-state index contributed by atoms with van der Waals surface area (Å²) >= 11 is 0. The molecular weight excluding hydrogens is 204 g/mol. The molecule has 2 rings (SSSR count). The summed E-state index contributed by atoms with van der Waals surface area (Å²) in [5, 5.41) is 8.66. The van der Waals surface area contributed by atoms with Crippen LogP contribution in [0.25, 0.3) is 5.52 Å². The Kier molecular flexibility index (Phi) is 2.64. The smallest absolute Gasteiger partial charge is 0.303 e. The van der Waals surface area contributed by atoms with E-state index in [1.807, 2.05) is 30.5 Å². The molecule has 0 aromatic carbocycles. The van der Waals surface area contributed by atoms with Crippen molar-refractivity contribution in [3.8, 4) is 0 Å². The van der Waals surface area contributed by atoms with Crippen molar-refractivity contribution in [3.05, 3.63) is 35.4 Å². The first kappa shape index (κ1) is 10.7. The van der Waals surface area contributed by atoms with Gasteiger partial charge in [-0.3, -0.25) is 4.79 Å². The first-order chi connectivity index (χ1) is 7.58. The molecule has 4 nitrogen and oxygen atoms in total. The number of imidazole rings is 1. The van der Waals surface area contributed by atoms with Crippen molar-refractivity contribution in [2.45, 2.75) is 26.7 Å². The first-order valence-electron chi connectivity index (χ1n) is 5.24. The van der Waals surface area contributed by atoms with E-state index in [0.717, 1.165) is 17.0 Å². The SMILES string of the molecule is Cc1ccn2c(CCC(=O)O)nc(C)c2c1. The zero-order chi connectivity index (χ0) is 11.7. The van der Waals surface area contributed by atoms with Crippen LogP contribution in [0.1, 0.15) is 23.5 Å². The molecule has 0 unspecified atom stereocenters. The Bertz CT molecular complexity index is 543. The second-order valence-electron chi connectivity index (χ2n) is 3.97. The van der Waals surface area contributed by atoms with E-state index in [9.17, 15) is 4.79 Å². The van der Waals surface area contributed by atoms with Gasteiger partial charge >= 0.3 is 5.97 Å². The molecule has 0 atom stereocenters. The van der Waals surface area contributed by atoms with E-state index >= 15 is 0 Å². The monoisotopic (exact) mass is 218 g/mol. The van der Waals surface area contributed by atoms with E-state index in [1.165, 1.54) is 5.56 Å². The second kappa shape index (κ2) is 3.96. The molecule has 0 aliphatic heterocycles. The molecule has 2 aromatic rings. The lowest BCUT2D eigenvalue weighted by Crippen LogP contribution is -2.01. The lowest BCUT2D eigenvalue weighted by atomic mass is 10.2. The van der Waals surface area contributed by atoms with Gasteiger partial charge in [0, 0.05) is 12.6 Å². The molecule has 4 heteroatoms. The number of carboxylic acids is 1. The van der Waals surface area contributed by atoms with Gasteiger partial charge in [-0.05, 0) is 31.5 Å². The quantitative estimate of drug-likeness (QED) is 0.856. The Morgan fingerprint density at radius 1 is 1.50 bits per heavy atom. The molecule has 2 heterocycles. The molecule has 0 bridgehead atoms. The lowest BCUT2D eigenvalue weighted by Gasteiger charge is -2.00. The van der Waals surface area contributed by atoms with Gasteiger partial charge in [-0.15, -0.1) is 0 Å². The van der Waals surface area contributed by atoms with Crippen molar-refractivity contribution < 1.29 is 9.90 Å². The zero-order valence-electron chi connectivity index (χ0n) is 9.40. The summed E-state index contributed by atoms with van der Waals surface area (Å²) in [6, 6.07) is 4.06. The number of hydrogen-bond donors (Lipinski definition) is 1. The number of nitrogens with zero attached hydrogens (tertiary/aromatic N) is 2. The van der Waals surface area contributed by atoms with E-state index in [2.05, 4.69) is 11.1 Å². The van der Waals surface area contributed by atoms with Crippen LogP contribution in [0.5, 0.6) is 0 Å². The van der Waals surface area contributed by atoms with Crippen LogP contribution in [-0.2, 0) is 11.2 Å². The molecule has 0 saturated heterocycles. The summed E-state index contributed by atoms with van der Waals surface area (Å²) < 4.78 is 1.96. The van der Waals surface area contributed by atoms with Crippen LogP contribution >= 0.6 is 0 Å². The van der Waals surface area contributed by atoms with Crippen LogP contribution in [0.3, 0.4) is 0 Å². The third-order valence-electron chi connectivity index (χ3n) is 2.62. The molecular formula is C12H14N2O2. The van der Waals surface area contributed by atoms with Crippen LogP contribution in [0.15, 0.2) is 18.3 Å². The minimum absolute atomic E-state index is 0.117. The Balaban J connectivity index is 2.43. The summed E-state index contributed by atoms with van der Waals surface area (Å²) in [7, 11) is 0. The van der Waals surface area contributed by atoms with Gasteiger partial charge in [-0.25, -0.2) is 4.98 Å². The molecule has 0 aliphatic rings. The number of aryl methyl sites for hydroxylation is 3. The Hall–Kier alpha value is -1.84. The van der Waals surface area contributed by atoms with Crippen molar-refractivity contribution in [1.29, 1.82) is 0 Å². The lowest BCUT2D eigenvalue weighted by molar-refractivity contribution is -0.137. The van der Waals surface area contributed by atoms with Crippen LogP contribution in [0, 0.1) is 13.8 Å². The molecule has 0 saturated carbocycles. The predicted molar refractivity (Wildman–Crippen MR) is 60.6 cm³/mol. The Morgan fingerprint density at radius 3 is 2.94 bits per heavy atom. The second-order valence-corrected chi connectivity index (χ2v) is 3.97. The maximum Gasteiger partial charge on any atom is 0.303 e. The molecule has 0 spiro atoms. The van der Waals surface area contributed by atoms with Gasteiger partial charge in [0.05, 0.1) is 17.6 Å². The van der Waals surface area contributed by atoms with Crippen LogP contribution in [0.2, 0.25) is 0 Å². The van der Waals surface area contributed by atoms with Crippen LogP contribution < -0.4 is 0 Å². The minimum atomic E-state index is -0.790. The number of carboxylic acid groups (broad SMARTS) is 1. The van der Waals surface area contributed by atoms with Gasteiger partial charge in [-0.1, -0.05) is 0 Å². The summed E-state index contributed by atoms with van der Waals surface area (Å²) in [5.74, 6) is 0.0245. The Morgan fingerprint density at radius 2 is 2.25 bits per heavy atom. The number of rotatable bonds is 3. The van der Waals surface area contributed by atoms with Crippen molar-refractivity contribution in [1.82, 2.24) is 9.38 Å². The normalized spacial score (nSPS) is 10.9. The molecule has 16 heavy (non-hydrogen) atoms. The van der Waals surface area contributed by atoms with Gasteiger partial charge in [0.1, 0.15) is 5.82 Å². The summed E-state index contributed by atoms with van der Waals surface area (Å²) in [5.41, 5.74) is 3.18. The molecule has 2 aromatic heterocycles. The van der Waals surface area contributed by atoms with Crippen molar-refractivity contribution in [3.63, 3.8) is 0 Å². The molecule has 0 amide bonds. The van der Waals surface area contributed by atoms with Gasteiger partial charge < -0.3 is 9.51 Å². The molecule has 0 radical (unpaired) electrons. The summed E-state index contributed by atoms with van der Waals surface area (Å²) in [4.78, 5) is 14.9. The fourth-order valence-corrected chi connectivity index (χ4v) is 1.81. The first-order valence-corrected chi connectivity index (χ1v) is 5.24. The topological polar surface area (TPSA) is 54.6 Å². The van der Waals surface area contributed by atoms with E-state index in [0.29, 0.717) is 6.42 Å².